The van der Waals surface area contributed by atoms with E-state index in [1.807, 2.05) is 11.8 Å². The molecule has 1 rings (SSSR count). The Balaban J connectivity index is 2.20. The summed E-state index contributed by atoms with van der Waals surface area (Å²) < 4.78 is 1.75. The molecule has 0 spiro atoms. The SMILES string of the molecule is C=C[CH]1S[CH](C=C)[Sn+2]1. The molecule has 40 valence electrons. The zero-order valence-corrected chi connectivity index (χ0v) is 8.30. The van der Waals surface area contributed by atoms with Crippen molar-refractivity contribution >= 4 is 32.9 Å². The minimum absolute atomic E-state index is 0.0840. The molecule has 0 nitrogen and oxygen atoms in total. The Hall–Kier alpha value is 0.629. The van der Waals surface area contributed by atoms with E-state index in [0.29, 0.717) is 0 Å². The Morgan fingerprint density at radius 3 is 1.88 bits per heavy atom. The summed E-state index contributed by atoms with van der Waals surface area (Å²) in [7, 11) is 0. The fourth-order valence-electron chi connectivity index (χ4n) is 0.573. The van der Waals surface area contributed by atoms with E-state index in [1.165, 1.54) is 0 Å². The van der Waals surface area contributed by atoms with Gasteiger partial charge in [-0.25, -0.2) is 0 Å². The van der Waals surface area contributed by atoms with Crippen molar-refractivity contribution in [2.24, 2.45) is 0 Å². The summed E-state index contributed by atoms with van der Waals surface area (Å²) in [6.45, 7) is 7.48. The fraction of sp³-hybridized carbons (Fsp3) is 0.333. The molecule has 2 unspecified atom stereocenters. The van der Waals surface area contributed by atoms with Crippen molar-refractivity contribution in [2.75, 3.05) is 0 Å². The normalized spacial score (nSPS) is 33.5. The van der Waals surface area contributed by atoms with Crippen LogP contribution in [0.25, 0.3) is 0 Å². The van der Waals surface area contributed by atoms with E-state index in [0.717, 1.165) is 6.53 Å². The monoisotopic (exact) mass is 232 g/mol. The molecular weight excluding hydrogens is 223 g/mol. The van der Waals surface area contributed by atoms with E-state index in [1.54, 1.807) is 0 Å². The van der Waals surface area contributed by atoms with Crippen LogP contribution in [0.15, 0.2) is 25.3 Å². The molecule has 2 atom stereocenters. The second-order valence-electron chi connectivity index (χ2n) is 1.62. The van der Waals surface area contributed by atoms with Gasteiger partial charge in [-0.3, -0.25) is 0 Å². The topological polar surface area (TPSA) is 0 Å². The molecule has 0 aliphatic carbocycles. The van der Waals surface area contributed by atoms with Crippen LogP contribution in [0, 0.1) is 0 Å². The predicted molar refractivity (Wildman–Crippen MR) is 41.3 cm³/mol. The van der Waals surface area contributed by atoms with Crippen molar-refractivity contribution in [3.8, 4) is 0 Å². The average molecular weight is 231 g/mol. The Kier molecular flexibility index (Phi) is 2.50. The third kappa shape index (κ3) is 1.32. The number of hydrogen-bond donors (Lipinski definition) is 0. The van der Waals surface area contributed by atoms with Crippen molar-refractivity contribution in [1.82, 2.24) is 0 Å². The molecule has 0 aromatic rings. The van der Waals surface area contributed by atoms with Crippen molar-refractivity contribution in [3.63, 3.8) is 0 Å². The quantitative estimate of drug-likeness (QED) is 0.512. The van der Waals surface area contributed by atoms with Crippen molar-refractivity contribution in [3.05, 3.63) is 25.3 Å². The zero-order valence-electron chi connectivity index (χ0n) is 4.63. The van der Waals surface area contributed by atoms with Gasteiger partial charge in [0.05, 0.1) is 0 Å². The molecule has 1 aliphatic rings. The number of hydrogen-bond acceptors (Lipinski definition) is 1. The first-order valence-electron chi connectivity index (χ1n) is 2.53. The maximum atomic E-state index is 3.74. The van der Waals surface area contributed by atoms with Gasteiger partial charge in [-0.2, -0.15) is 0 Å². The summed E-state index contributed by atoms with van der Waals surface area (Å²) in [6.07, 6.45) is 4.16. The predicted octanol–water partition coefficient (Wildman–Crippen LogP) is 1.46. The van der Waals surface area contributed by atoms with Gasteiger partial charge in [-0.15, -0.1) is 0 Å². The molecule has 2 heteroatoms. The summed E-state index contributed by atoms with van der Waals surface area (Å²) in [6, 6.07) is 0. The third-order valence-corrected chi connectivity index (χ3v) is 9.40. The zero-order chi connectivity index (χ0) is 5.98. The molecule has 0 aromatic heterocycles. The average Bonchev–Trinajstić information content (AvgIpc) is 1.65. The standard InChI is InChI=1S/C6H8S.Sn/c1-3-5-7-6-4-2;/h3-6H,1-2H2;/q;+2. The Bertz CT molecular complexity index is 93.1. The summed E-state index contributed by atoms with van der Waals surface area (Å²) >= 11 is 1.93. The van der Waals surface area contributed by atoms with Crippen LogP contribution in [0.1, 0.15) is 0 Å². The Morgan fingerprint density at radius 2 is 1.62 bits per heavy atom. The molecule has 0 aromatic carbocycles. The van der Waals surface area contributed by atoms with Crippen LogP contribution in [-0.4, -0.2) is 27.7 Å². The van der Waals surface area contributed by atoms with Crippen molar-refractivity contribution in [1.29, 1.82) is 0 Å². The summed E-state index contributed by atoms with van der Waals surface area (Å²) in [5.41, 5.74) is 0. The van der Waals surface area contributed by atoms with Crippen LogP contribution in [0.5, 0.6) is 0 Å². The Morgan fingerprint density at radius 1 is 1.25 bits per heavy atom. The molecule has 1 saturated heterocycles. The minimum atomic E-state index is -0.0840. The first-order valence-corrected chi connectivity index (χ1v) is 6.77. The van der Waals surface area contributed by atoms with Crippen molar-refractivity contribution < 1.29 is 0 Å². The second-order valence-corrected chi connectivity index (χ2v) is 9.79. The molecule has 0 bridgehead atoms. The van der Waals surface area contributed by atoms with Crippen molar-refractivity contribution in [2.45, 2.75) is 6.53 Å². The van der Waals surface area contributed by atoms with Crippen LogP contribution >= 0.6 is 11.8 Å². The van der Waals surface area contributed by atoms with Gasteiger partial charge in [-0.05, 0) is 0 Å². The molecule has 0 amide bonds. The van der Waals surface area contributed by atoms with E-state index >= 15 is 0 Å². The second kappa shape index (κ2) is 2.97. The van der Waals surface area contributed by atoms with Gasteiger partial charge in [0.25, 0.3) is 0 Å². The summed E-state index contributed by atoms with van der Waals surface area (Å²) in [4.78, 5) is 0. The van der Waals surface area contributed by atoms with Gasteiger partial charge < -0.3 is 0 Å². The van der Waals surface area contributed by atoms with Crippen LogP contribution in [0.3, 0.4) is 0 Å². The summed E-state index contributed by atoms with van der Waals surface area (Å²) in [5.74, 6) is 0. The number of rotatable bonds is 2. The third-order valence-electron chi connectivity index (χ3n) is 1.05. The van der Waals surface area contributed by atoms with Gasteiger partial charge in [0.1, 0.15) is 0 Å². The molecule has 1 heterocycles. The van der Waals surface area contributed by atoms with Crippen LogP contribution in [0.4, 0.5) is 0 Å². The molecule has 1 fully saturated rings. The molecule has 0 saturated carbocycles. The molecule has 0 N–H and O–H groups in total. The first-order chi connectivity index (χ1) is 3.86. The van der Waals surface area contributed by atoms with E-state index in [9.17, 15) is 0 Å². The van der Waals surface area contributed by atoms with E-state index < -0.39 is 0 Å². The van der Waals surface area contributed by atoms with Gasteiger partial charge in [0, 0.05) is 0 Å². The van der Waals surface area contributed by atoms with Crippen LogP contribution in [0.2, 0.25) is 0 Å². The van der Waals surface area contributed by atoms with Gasteiger partial charge in [0.2, 0.25) is 0 Å². The van der Waals surface area contributed by atoms with Gasteiger partial charge >= 0.3 is 64.7 Å². The maximum absolute atomic E-state index is 3.74. The van der Waals surface area contributed by atoms with E-state index in [-0.39, 0.29) is 21.1 Å². The fourth-order valence-corrected chi connectivity index (χ4v) is 6.29. The molecule has 0 radical (unpaired) electrons. The molecule has 8 heavy (non-hydrogen) atoms. The van der Waals surface area contributed by atoms with E-state index in [4.69, 9.17) is 0 Å². The van der Waals surface area contributed by atoms with Gasteiger partial charge in [-0.1, -0.05) is 0 Å². The first kappa shape index (κ1) is 6.74. The summed E-state index contributed by atoms with van der Waals surface area (Å²) in [5, 5.41) is 0. The van der Waals surface area contributed by atoms with Crippen LogP contribution < -0.4 is 0 Å². The van der Waals surface area contributed by atoms with Gasteiger partial charge in [0.15, 0.2) is 0 Å². The molecule has 1 aliphatic heterocycles. The molecular formula is C6H8SSn+2. The number of thioether (sulfide) groups is 1. The van der Waals surface area contributed by atoms with Crippen LogP contribution in [-0.2, 0) is 0 Å². The van der Waals surface area contributed by atoms with E-state index in [2.05, 4.69) is 25.3 Å². The Labute approximate surface area is 64.6 Å².